The SMILES string of the molecule is CC12CCC1CCN2. The molecule has 2 rings (SSSR count). The fourth-order valence-corrected chi connectivity index (χ4v) is 2.01. The summed E-state index contributed by atoms with van der Waals surface area (Å²) in [6.45, 7) is 3.62. The van der Waals surface area contributed by atoms with E-state index in [0.717, 1.165) is 5.92 Å². The minimum Gasteiger partial charge on any atom is -0.311 e. The van der Waals surface area contributed by atoms with Crippen molar-refractivity contribution in [2.75, 3.05) is 6.54 Å². The number of rotatable bonds is 0. The van der Waals surface area contributed by atoms with E-state index in [-0.39, 0.29) is 0 Å². The van der Waals surface area contributed by atoms with E-state index < -0.39 is 0 Å². The van der Waals surface area contributed by atoms with Crippen LogP contribution in [0.5, 0.6) is 0 Å². The maximum atomic E-state index is 3.53. The van der Waals surface area contributed by atoms with Gasteiger partial charge >= 0.3 is 0 Å². The number of nitrogens with one attached hydrogen (secondary N) is 1. The molecule has 1 saturated carbocycles. The Kier molecular flexibility index (Phi) is 0.762. The number of hydrogen-bond acceptors (Lipinski definition) is 1. The molecule has 1 N–H and O–H groups in total. The summed E-state index contributed by atoms with van der Waals surface area (Å²) in [7, 11) is 0. The minimum atomic E-state index is 0.583. The Hall–Kier alpha value is -0.0400. The maximum absolute atomic E-state index is 3.53. The van der Waals surface area contributed by atoms with E-state index in [1.165, 1.54) is 25.8 Å². The van der Waals surface area contributed by atoms with E-state index in [1.54, 1.807) is 0 Å². The molecule has 0 amide bonds. The summed E-state index contributed by atoms with van der Waals surface area (Å²) >= 11 is 0. The van der Waals surface area contributed by atoms with Crippen LogP contribution in [0.25, 0.3) is 0 Å². The van der Waals surface area contributed by atoms with Gasteiger partial charge in [0.15, 0.2) is 0 Å². The second-order valence-electron chi connectivity index (χ2n) is 3.37. The third kappa shape index (κ3) is 0.408. The molecule has 2 atom stereocenters. The maximum Gasteiger partial charge on any atom is 0.0182 e. The zero-order chi connectivity index (χ0) is 5.61. The van der Waals surface area contributed by atoms with Gasteiger partial charge < -0.3 is 5.32 Å². The summed E-state index contributed by atoms with van der Waals surface area (Å²) in [6.07, 6.45) is 4.32. The van der Waals surface area contributed by atoms with Gasteiger partial charge in [0.1, 0.15) is 0 Å². The zero-order valence-electron chi connectivity index (χ0n) is 5.41. The molecular weight excluding hydrogens is 98.1 g/mol. The molecule has 0 bridgehead atoms. The van der Waals surface area contributed by atoms with Crippen molar-refractivity contribution in [3.05, 3.63) is 0 Å². The zero-order valence-corrected chi connectivity index (χ0v) is 5.41. The third-order valence-corrected chi connectivity index (χ3v) is 2.93. The first-order valence-electron chi connectivity index (χ1n) is 3.56. The minimum absolute atomic E-state index is 0.583. The molecule has 0 spiro atoms. The molecule has 46 valence electrons. The topological polar surface area (TPSA) is 12.0 Å². The number of hydrogen-bond donors (Lipinski definition) is 1. The van der Waals surface area contributed by atoms with Crippen LogP contribution in [0.15, 0.2) is 0 Å². The Balaban J connectivity index is 2.14. The lowest BCUT2D eigenvalue weighted by Gasteiger charge is -2.41. The fourth-order valence-electron chi connectivity index (χ4n) is 2.01. The van der Waals surface area contributed by atoms with Gasteiger partial charge in [-0.1, -0.05) is 0 Å². The Morgan fingerprint density at radius 2 is 2.38 bits per heavy atom. The fraction of sp³-hybridized carbons (Fsp3) is 1.00. The molecule has 2 unspecified atom stereocenters. The number of fused-ring (bicyclic) bond motifs is 1. The van der Waals surface area contributed by atoms with Crippen LogP contribution < -0.4 is 5.32 Å². The van der Waals surface area contributed by atoms with Gasteiger partial charge in [-0.15, -0.1) is 0 Å². The van der Waals surface area contributed by atoms with Gasteiger partial charge in [0.2, 0.25) is 0 Å². The Morgan fingerprint density at radius 3 is 2.62 bits per heavy atom. The van der Waals surface area contributed by atoms with Crippen LogP contribution in [-0.2, 0) is 0 Å². The Morgan fingerprint density at radius 1 is 1.50 bits per heavy atom. The molecule has 1 heterocycles. The first-order valence-corrected chi connectivity index (χ1v) is 3.56. The van der Waals surface area contributed by atoms with E-state index in [2.05, 4.69) is 12.2 Å². The predicted molar refractivity (Wildman–Crippen MR) is 33.7 cm³/mol. The second-order valence-corrected chi connectivity index (χ2v) is 3.37. The standard InChI is InChI=1S/C7H13N/c1-7-4-2-6(7)3-5-8-7/h6,8H,2-5H2,1H3. The van der Waals surface area contributed by atoms with E-state index in [4.69, 9.17) is 0 Å². The van der Waals surface area contributed by atoms with Crippen LogP contribution in [-0.4, -0.2) is 12.1 Å². The first-order chi connectivity index (χ1) is 3.81. The van der Waals surface area contributed by atoms with Crippen molar-refractivity contribution in [3.63, 3.8) is 0 Å². The molecule has 0 aromatic carbocycles. The van der Waals surface area contributed by atoms with Crippen LogP contribution >= 0.6 is 0 Å². The van der Waals surface area contributed by atoms with Gasteiger partial charge in [-0.25, -0.2) is 0 Å². The highest BCUT2D eigenvalue weighted by Crippen LogP contribution is 2.43. The molecule has 1 heteroatoms. The summed E-state index contributed by atoms with van der Waals surface area (Å²) in [6, 6.07) is 0. The van der Waals surface area contributed by atoms with Gasteiger partial charge in [-0.2, -0.15) is 0 Å². The second kappa shape index (κ2) is 1.27. The van der Waals surface area contributed by atoms with Gasteiger partial charge in [-0.3, -0.25) is 0 Å². The van der Waals surface area contributed by atoms with Crippen LogP contribution in [0.3, 0.4) is 0 Å². The summed E-state index contributed by atoms with van der Waals surface area (Å²) in [4.78, 5) is 0. The summed E-state index contributed by atoms with van der Waals surface area (Å²) in [5.41, 5.74) is 0.583. The van der Waals surface area contributed by atoms with Crippen molar-refractivity contribution in [3.8, 4) is 0 Å². The van der Waals surface area contributed by atoms with Crippen molar-refractivity contribution >= 4 is 0 Å². The Bertz CT molecular complexity index is 111. The van der Waals surface area contributed by atoms with Crippen LogP contribution in [0.1, 0.15) is 26.2 Å². The van der Waals surface area contributed by atoms with E-state index in [0.29, 0.717) is 5.54 Å². The highest BCUT2D eigenvalue weighted by atomic mass is 15.0. The van der Waals surface area contributed by atoms with Crippen molar-refractivity contribution < 1.29 is 0 Å². The molecule has 2 fully saturated rings. The molecule has 2 aliphatic rings. The lowest BCUT2D eigenvalue weighted by atomic mass is 9.69. The predicted octanol–water partition coefficient (Wildman–Crippen LogP) is 1.15. The summed E-state index contributed by atoms with van der Waals surface area (Å²) < 4.78 is 0. The molecule has 0 radical (unpaired) electrons. The highest BCUT2D eigenvalue weighted by Gasteiger charge is 2.45. The van der Waals surface area contributed by atoms with Gasteiger partial charge in [0.05, 0.1) is 0 Å². The molecule has 0 aromatic heterocycles. The van der Waals surface area contributed by atoms with Crippen molar-refractivity contribution in [2.24, 2.45) is 5.92 Å². The monoisotopic (exact) mass is 111 g/mol. The molecule has 1 aliphatic heterocycles. The third-order valence-electron chi connectivity index (χ3n) is 2.93. The van der Waals surface area contributed by atoms with Gasteiger partial charge in [-0.05, 0) is 38.6 Å². The van der Waals surface area contributed by atoms with E-state index in [1.807, 2.05) is 0 Å². The van der Waals surface area contributed by atoms with Crippen molar-refractivity contribution in [1.29, 1.82) is 0 Å². The molecule has 0 aromatic rings. The molecule has 1 saturated heterocycles. The smallest absolute Gasteiger partial charge is 0.0182 e. The molecular formula is C7H13N. The average molecular weight is 111 g/mol. The van der Waals surface area contributed by atoms with Crippen molar-refractivity contribution in [1.82, 2.24) is 5.32 Å². The Labute approximate surface area is 50.5 Å². The molecule has 8 heavy (non-hydrogen) atoms. The first kappa shape index (κ1) is 4.80. The highest BCUT2D eigenvalue weighted by molar-refractivity contribution is 5.03. The quantitative estimate of drug-likeness (QED) is 0.494. The average Bonchev–Trinajstić information content (AvgIpc) is 1.94. The van der Waals surface area contributed by atoms with Crippen molar-refractivity contribution in [2.45, 2.75) is 31.7 Å². The van der Waals surface area contributed by atoms with E-state index in [9.17, 15) is 0 Å². The van der Waals surface area contributed by atoms with Gasteiger partial charge in [0.25, 0.3) is 0 Å². The van der Waals surface area contributed by atoms with Crippen LogP contribution in [0.4, 0.5) is 0 Å². The lowest BCUT2D eigenvalue weighted by Crippen LogP contribution is -2.48. The van der Waals surface area contributed by atoms with Gasteiger partial charge in [0, 0.05) is 5.54 Å². The van der Waals surface area contributed by atoms with Crippen LogP contribution in [0, 0.1) is 5.92 Å². The molecule has 1 nitrogen and oxygen atoms in total. The largest absolute Gasteiger partial charge is 0.311 e. The van der Waals surface area contributed by atoms with Crippen LogP contribution in [0.2, 0.25) is 0 Å². The molecule has 1 aliphatic carbocycles. The summed E-state index contributed by atoms with van der Waals surface area (Å²) in [5.74, 6) is 1.03. The lowest BCUT2D eigenvalue weighted by molar-refractivity contribution is 0.158. The summed E-state index contributed by atoms with van der Waals surface area (Å²) in [5, 5.41) is 3.53. The van der Waals surface area contributed by atoms with E-state index >= 15 is 0 Å². The normalized spacial score (nSPS) is 52.9.